The Bertz CT molecular complexity index is 512. The fourth-order valence-corrected chi connectivity index (χ4v) is 1.90. The number of hydrogen-bond donors (Lipinski definition) is 4. The van der Waals surface area contributed by atoms with E-state index in [9.17, 15) is 14.4 Å². The van der Waals surface area contributed by atoms with Crippen molar-refractivity contribution in [1.82, 2.24) is 5.32 Å². The maximum Gasteiger partial charge on any atom is 0.326 e. The summed E-state index contributed by atoms with van der Waals surface area (Å²) in [6.45, 7) is 0. The van der Waals surface area contributed by atoms with E-state index >= 15 is 0 Å². The number of primary amides is 1. The smallest absolute Gasteiger partial charge is 0.326 e. The van der Waals surface area contributed by atoms with Crippen LogP contribution >= 0.6 is 15.9 Å². The average Bonchev–Trinajstić information content (AvgIpc) is 2.25. The van der Waals surface area contributed by atoms with Gasteiger partial charge in [-0.25, -0.2) is 4.79 Å². The summed E-state index contributed by atoms with van der Waals surface area (Å²) in [4.78, 5) is 33.4. The van der Waals surface area contributed by atoms with Gasteiger partial charge in [-0.05, 0) is 18.2 Å². The standard InChI is InChI=1S/C11H12BrN3O4/c12-6-1-5(2-7(13)3-6)10(17)15-8(11(18)19)4-9(14)16/h1-3,8H,4,13H2,(H2,14,16)(H,15,17)(H,18,19)/t8-/m0/s1. The summed E-state index contributed by atoms with van der Waals surface area (Å²) in [5.41, 5.74) is 11.0. The molecule has 0 aliphatic heterocycles. The summed E-state index contributed by atoms with van der Waals surface area (Å²) in [6.07, 6.45) is -0.482. The Balaban J connectivity index is 2.87. The second-order valence-electron chi connectivity index (χ2n) is 3.81. The Hall–Kier alpha value is -2.09. The maximum atomic E-state index is 11.8. The second-order valence-corrected chi connectivity index (χ2v) is 4.72. The van der Waals surface area contributed by atoms with E-state index in [2.05, 4.69) is 21.2 Å². The van der Waals surface area contributed by atoms with Crippen LogP contribution in [0.25, 0.3) is 0 Å². The van der Waals surface area contributed by atoms with Gasteiger partial charge in [-0.2, -0.15) is 0 Å². The number of nitrogens with one attached hydrogen (secondary N) is 1. The lowest BCUT2D eigenvalue weighted by Gasteiger charge is -2.13. The van der Waals surface area contributed by atoms with E-state index in [0.29, 0.717) is 10.2 Å². The first-order valence-electron chi connectivity index (χ1n) is 5.17. The molecule has 0 fully saturated rings. The summed E-state index contributed by atoms with van der Waals surface area (Å²) in [7, 11) is 0. The number of anilines is 1. The summed E-state index contributed by atoms with van der Waals surface area (Å²) in [5, 5.41) is 11.1. The van der Waals surface area contributed by atoms with E-state index in [4.69, 9.17) is 16.6 Å². The predicted octanol–water partition coefficient (Wildman–Crippen LogP) is 0.0897. The summed E-state index contributed by atoms with van der Waals surface area (Å²) < 4.78 is 0.583. The van der Waals surface area contributed by atoms with Gasteiger partial charge in [0.05, 0.1) is 6.42 Å². The number of amides is 2. The van der Waals surface area contributed by atoms with Gasteiger partial charge in [0.2, 0.25) is 5.91 Å². The Morgan fingerprint density at radius 2 is 1.95 bits per heavy atom. The topological polar surface area (TPSA) is 136 Å². The number of carbonyl (C=O) groups excluding carboxylic acids is 2. The van der Waals surface area contributed by atoms with Gasteiger partial charge in [-0.1, -0.05) is 15.9 Å². The first-order chi connectivity index (χ1) is 8.79. The van der Waals surface area contributed by atoms with Crippen molar-refractivity contribution in [3.8, 4) is 0 Å². The van der Waals surface area contributed by atoms with Gasteiger partial charge in [0, 0.05) is 15.7 Å². The summed E-state index contributed by atoms with van der Waals surface area (Å²) in [6, 6.07) is 3.10. The number of halogens is 1. The molecule has 0 saturated heterocycles. The molecule has 0 saturated carbocycles. The quantitative estimate of drug-likeness (QED) is 0.567. The van der Waals surface area contributed by atoms with Crippen LogP contribution in [-0.4, -0.2) is 28.9 Å². The molecular weight excluding hydrogens is 318 g/mol. The third kappa shape index (κ3) is 4.59. The van der Waals surface area contributed by atoms with Crippen LogP contribution in [0.4, 0.5) is 5.69 Å². The fraction of sp³-hybridized carbons (Fsp3) is 0.182. The van der Waals surface area contributed by atoms with E-state index in [0.717, 1.165) is 0 Å². The molecule has 0 bridgehead atoms. The van der Waals surface area contributed by atoms with Crippen LogP contribution in [-0.2, 0) is 9.59 Å². The van der Waals surface area contributed by atoms with Gasteiger partial charge in [0.1, 0.15) is 6.04 Å². The van der Waals surface area contributed by atoms with Crippen LogP contribution in [0, 0.1) is 0 Å². The van der Waals surface area contributed by atoms with Gasteiger partial charge < -0.3 is 21.9 Å². The zero-order valence-electron chi connectivity index (χ0n) is 9.72. The van der Waals surface area contributed by atoms with Crippen molar-refractivity contribution in [3.63, 3.8) is 0 Å². The Labute approximate surface area is 117 Å². The molecule has 0 radical (unpaired) electrons. The van der Waals surface area contributed by atoms with Crippen molar-refractivity contribution in [2.24, 2.45) is 5.73 Å². The Kier molecular flexibility index (Phi) is 4.87. The summed E-state index contributed by atoms with van der Waals surface area (Å²) in [5.74, 6) is -2.81. The highest BCUT2D eigenvalue weighted by atomic mass is 79.9. The van der Waals surface area contributed by atoms with Crippen LogP contribution in [0.1, 0.15) is 16.8 Å². The van der Waals surface area contributed by atoms with Crippen LogP contribution in [0.15, 0.2) is 22.7 Å². The highest BCUT2D eigenvalue weighted by Crippen LogP contribution is 2.17. The first-order valence-corrected chi connectivity index (χ1v) is 5.97. The molecule has 0 aliphatic rings. The van der Waals surface area contributed by atoms with Gasteiger partial charge in [0.15, 0.2) is 0 Å². The Morgan fingerprint density at radius 3 is 2.42 bits per heavy atom. The third-order valence-electron chi connectivity index (χ3n) is 2.19. The van der Waals surface area contributed by atoms with Crippen molar-refractivity contribution in [2.75, 3.05) is 5.73 Å². The summed E-state index contributed by atoms with van der Waals surface area (Å²) >= 11 is 3.17. The highest BCUT2D eigenvalue weighted by molar-refractivity contribution is 9.10. The minimum Gasteiger partial charge on any atom is -0.480 e. The van der Waals surface area contributed by atoms with Crippen molar-refractivity contribution in [2.45, 2.75) is 12.5 Å². The molecule has 1 aromatic carbocycles. The molecule has 0 spiro atoms. The van der Waals surface area contributed by atoms with Crippen LogP contribution in [0.3, 0.4) is 0 Å². The molecule has 0 aliphatic carbocycles. The number of aliphatic carboxylic acids is 1. The highest BCUT2D eigenvalue weighted by Gasteiger charge is 2.22. The minimum atomic E-state index is -1.37. The van der Waals surface area contributed by atoms with Gasteiger partial charge >= 0.3 is 5.97 Å². The lowest BCUT2D eigenvalue weighted by Crippen LogP contribution is -2.43. The number of nitrogen functional groups attached to an aromatic ring is 1. The lowest BCUT2D eigenvalue weighted by atomic mass is 10.1. The monoisotopic (exact) mass is 329 g/mol. The van der Waals surface area contributed by atoms with Gasteiger partial charge in [-0.3, -0.25) is 9.59 Å². The average molecular weight is 330 g/mol. The van der Waals surface area contributed by atoms with E-state index < -0.39 is 30.2 Å². The van der Waals surface area contributed by atoms with Crippen LogP contribution < -0.4 is 16.8 Å². The van der Waals surface area contributed by atoms with Gasteiger partial charge in [0.25, 0.3) is 5.91 Å². The number of rotatable bonds is 5. The molecule has 0 unspecified atom stereocenters. The lowest BCUT2D eigenvalue weighted by molar-refractivity contribution is -0.140. The van der Waals surface area contributed by atoms with Crippen LogP contribution in [0.5, 0.6) is 0 Å². The molecule has 2 amide bonds. The normalized spacial score (nSPS) is 11.6. The zero-order valence-corrected chi connectivity index (χ0v) is 11.3. The fourth-order valence-electron chi connectivity index (χ4n) is 1.39. The minimum absolute atomic E-state index is 0.183. The molecule has 6 N–H and O–H groups in total. The number of benzene rings is 1. The van der Waals surface area contributed by atoms with Crippen molar-refractivity contribution in [1.29, 1.82) is 0 Å². The molecular formula is C11H12BrN3O4. The van der Waals surface area contributed by atoms with E-state index in [-0.39, 0.29) is 5.56 Å². The largest absolute Gasteiger partial charge is 0.480 e. The first kappa shape index (κ1) is 15.0. The number of nitrogens with two attached hydrogens (primary N) is 2. The number of carboxylic acid groups (broad SMARTS) is 1. The molecule has 1 atom stereocenters. The van der Waals surface area contributed by atoms with E-state index in [1.807, 2.05) is 0 Å². The number of carbonyl (C=O) groups is 3. The maximum absolute atomic E-state index is 11.8. The number of carboxylic acids is 1. The molecule has 7 nitrogen and oxygen atoms in total. The molecule has 0 heterocycles. The van der Waals surface area contributed by atoms with Crippen molar-refractivity contribution in [3.05, 3.63) is 28.2 Å². The molecule has 102 valence electrons. The number of hydrogen-bond acceptors (Lipinski definition) is 4. The van der Waals surface area contributed by atoms with Crippen molar-refractivity contribution < 1.29 is 19.5 Å². The van der Waals surface area contributed by atoms with E-state index in [1.165, 1.54) is 12.1 Å². The zero-order chi connectivity index (χ0) is 14.6. The molecule has 19 heavy (non-hydrogen) atoms. The Morgan fingerprint density at radius 1 is 1.32 bits per heavy atom. The van der Waals surface area contributed by atoms with Crippen molar-refractivity contribution >= 4 is 39.4 Å². The molecule has 1 rings (SSSR count). The van der Waals surface area contributed by atoms with Gasteiger partial charge in [-0.15, -0.1) is 0 Å². The molecule has 8 heteroatoms. The second kappa shape index (κ2) is 6.19. The SMILES string of the molecule is NC(=O)C[C@H](NC(=O)c1cc(N)cc(Br)c1)C(=O)O. The molecule has 1 aromatic rings. The third-order valence-corrected chi connectivity index (χ3v) is 2.65. The molecule has 0 aromatic heterocycles. The van der Waals surface area contributed by atoms with Crippen LogP contribution in [0.2, 0.25) is 0 Å². The predicted molar refractivity (Wildman–Crippen MR) is 71.3 cm³/mol. The van der Waals surface area contributed by atoms with E-state index in [1.54, 1.807) is 6.07 Å².